The predicted octanol–water partition coefficient (Wildman–Crippen LogP) is 3.27. The average molecular weight is 316 g/mol. The molecule has 2 heterocycles. The van der Waals surface area contributed by atoms with Crippen molar-refractivity contribution in [2.45, 2.75) is 19.4 Å². The van der Waals surface area contributed by atoms with E-state index in [0.29, 0.717) is 17.1 Å². The van der Waals surface area contributed by atoms with Crippen LogP contribution in [0.25, 0.3) is 0 Å². The Hall–Kier alpha value is -2.07. The summed E-state index contributed by atoms with van der Waals surface area (Å²) in [5, 5.41) is 3.44. The minimum Gasteiger partial charge on any atom is -0.357 e. The number of hydrogen-bond acceptors (Lipinski definition) is 3. The molecule has 0 aliphatic carbocycles. The molecule has 1 aromatic carbocycles. The minimum atomic E-state index is -0.133. The van der Waals surface area contributed by atoms with Crippen LogP contribution in [0.15, 0.2) is 42.6 Å². The van der Waals surface area contributed by atoms with E-state index in [-0.39, 0.29) is 5.91 Å². The lowest BCUT2D eigenvalue weighted by atomic mass is 10.2. The van der Waals surface area contributed by atoms with Gasteiger partial charge in [-0.3, -0.25) is 4.79 Å². The molecule has 0 radical (unpaired) electrons. The van der Waals surface area contributed by atoms with Gasteiger partial charge in [0.15, 0.2) is 0 Å². The van der Waals surface area contributed by atoms with Gasteiger partial charge in [-0.2, -0.15) is 0 Å². The number of benzene rings is 1. The van der Waals surface area contributed by atoms with Gasteiger partial charge < -0.3 is 10.2 Å². The van der Waals surface area contributed by atoms with Crippen molar-refractivity contribution in [2.75, 3.05) is 18.0 Å². The van der Waals surface area contributed by atoms with Gasteiger partial charge in [-0.25, -0.2) is 4.98 Å². The highest BCUT2D eigenvalue weighted by molar-refractivity contribution is 6.30. The van der Waals surface area contributed by atoms with Crippen LogP contribution in [0.4, 0.5) is 5.82 Å². The zero-order chi connectivity index (χ0) is 15.4. The summed E-state index contributed by atoms with van der Waals surface area (Å²) in [7, 11) is 0. The first kappa shape index (κ1) is 14.9. The molecule has 0 saturated carbocycles. The van der Waals surface area contributed by atoms with Gasteiger partial charge in [0, 0.05) is 36.4 Å². The summed E-state index contributed by atoms with van der Waals surface area (Å²) >= 11 is 5.89. The third-order valence-corrected chi connectivity index (χ3v) is 4.01. The van der Waals surface area contributed by atoms with E-state index in [1.807, 2.05) is 18.3 Å². The summed E-state index contributed by atoms with van der Waals surface area (Å²) in [6.45, 7) is 2.62. The number of carbonyl (C=O) groups excluding carboxylic acids is 1. The molecule has 2 aromatic rings. The topological polar surface area (TPSA) is 45.2 Å². The quantitative estimate of drug-likeness (QED) is 0.942. The third kappa shape index (κ3) is 3.57. The highest BCUT2D eigenvalue weighted by atomic mass is 35.5. The molecule has 3 rings (SSSR count). The number of pyridine rings is 1. The molecule has 1 N–H and O–H groups in total. The maximum absolute atomic E-state index is 12.0. The lowest BCUT2D eigenvalue weighted by molar-refractivity contribution is 0.0951. The molecular formula is C17H18ClN3O. The second kappa shape index (κ2) is 6.79. The number of hydrogen-bond donors (Lipinski definition) is 1. The Bertz CT molecular complexity index is 651. The van der Waals surface area contributed by atoms with E-state index in [9.17, 15) is 4.79 Å². The van der Waals surface area contributed by atoms with Crippen molar-refractivity contribution in [3.8, 4) is 0 Å². The molecule has 0 unspecified atom stereocenters. The molecule has 1 aliphatic heterocycles. The standard InChI is InChI=1S/C17H18ClN3O/c18-15-5-3-4-14(10-15)17(22)20-12-13-6-7-16(19-11-13)21-8-1-2-9-21/h3-7,10-11H,1-2,8-9,12H2,(H,20,22). The first-order valence-corrected chi connectivity index (χ1v) is 7.84. The molecule has 1 aliphatic rings. The Kier molecular flexibility index (Phi) is 4.59. The van der Waals surface area contributed by atoms with Crippen molar-refractivity contribution in [2.24, 2.45) is 0 Å². The summed E-state index contributed by atoms with van der Waals surface area (Å²) in [6.07, 6.45) is 4.30. The molecule has 4 nitrogen and oxygen atoms in total. The van der Waals surface area contributed by atoms with Gasteiger partial charge >= 0.3 is 0 Å². The molecule has 1 saturated heterocycles. The van der Waals surface area contributed by atoms with Crippen LogP contribution >= 0.6 is 11.6 Å². The van der Waals surface area contributed by atoms with E-state index in [2.05, 4.69) is 15.2 Å². The average Bonchev–Trinajstić information content (AvgIpc) is 3.07. The molecule has 22 heavy (non-hydrogen) atoms. The molecule has 0 bridgehead atoms. The van der Waals surface area contributed by atoms with Crippen molar-refractivity contribution in [1.29, 1.82) is 0 Å². The van der Waals surface area contributed by atoms with E-state index >= 15 is 0 Å². The first-order chi connectivity index (χ1) is 10.7. The molecule has 114 valence electrons. The van der Waals surface area contributed by atoms with Crippen LogP contribution in [-0.4, -0.2) is 24.0 Å². The lowest BCUT2D eigenvalue weighted by Gasteiger charge is -2.16. The Morgan fingerprint density at radius 1 is 1.23 bits per heavy atom. The highest BCUT2D eigenvalue weighted by Crippen LogP contribution is 2.17. The van der Waals surface area contributed by atoms with Crippen LogP contribution < -0.4 is 10.2 Å². The van der Waals surface area contributed by atoms with E-state index < -0.39 is 0 Å². The summed E-state index contributed by atoms with van der Waals surface area (Å²) in [5.41, 5.74) is 1.55. The van der Waals surface area contributed by atoms with Crippen molar-refractivity contribution < 1.29 is 4.79 Å². The van der Waals surface area contributed by atoms with Gasteiger partial charge in [0.2, 0.25) is 0 Å². The number of carbonyl (C=O) groups is 1. The smallest absolute Gasteiger partial charge is 0.251 e. The summed E-state index contributed by atoms with van der Waals surface area (Å²) in [5.74, 6) is 0.883. The minimum absolute atomic E-state index is 0.133. The van der Waals surface area contributed by atoms with Crippen molar-refractivity contribution in [3.63, 3.8) is 0 Å². The molecule has 0 spiro atoms. The summed E-state index contributed by atoms with van der Waals surface area (Å²) in [6, 6.07) is 11.0. The maximum atomic E-state index is 12.0. The van der Waals surface area contributed by atoms with Crippen LogP contribution in [0, 0.1) is 0 Å². The number of nitrogens with one attached hydrogen (secondary N) is 1. The van der Waals surface area contributed by atoms with Crippen LogP contribution in [0.1, 0.15) is 28.8 Å². The molecule has 0 atom stereocenters. The van der Waals surface area contributed by atoms with Crippen molar-refractivity contribution in [3.05, 3.63) is 58.7 Å². The normalized spacial score (nSPS) is 14.1. The molecule has 1 aromatic heterocycles. The predicted molar refractivity (Wildman–Crippen MR) is 88.3 cm³/mol. The second-order valence-corrected chi connectivity index (χ2v) is 5.85. The SMILES string of the molecule is O=C(NCc1ccc(N2CCCC2)nc1)c1cccc(Cl)c1. The van der Waals surface area contributed by atoms with Gasteiger partial charge in [0.1, 0.15) is 5.82 Å². The Balaban J connectivity index is 1.58. The van der Waals surface area contributed by atoms with Gasteiger partial charge in [-0.1, -0.05) is 23.7 Å². The second-order valence-electron chi connectivity index (χ2n) is 5.41. The molecular weight excluding hydrogens is 298 g/mol. The Morgan fingerprint density at radius 2 is 2.05 bits per heavy atom. The number of nitrogens with zero attached hydrogens (tertiary/aromatic N) is 2. The number of amides is 1. The number of aromatic nitrogens is 1. The molecule has 5 heteroatoms. The van der Waals surface area contributed by atoms with Gasteiger partial charge in [-0.05, 0) is 42.7 Å². The van der Waals surface area contributed by atoms with E-state index in [1.54, 1.807) is 24.3 Å². The maximum Gasteiger partial charge on any atom is 0.251 e. The van der Waals surface area contributed by atoms with E-state index in [1.165, 1.54) is 12.8 Å². The summed E-state index contributed by atoms with van der Waals surface area (Å²) in [4.78, 5) is 18.8. The van der Waals surface area contributed by atoms with Gasteiger partial charge in [0.25, 0.3) is 5.91 Å². The van der Waals surface area contributed by atoms with E-state index in [0.717, 1.165) is 24.5 Å². The number of halogens is 1. The number of anilines is 1. The Morgan fingerprint density at radius 3 is 2.73 bits per heavy atom. The van der Waals surface area contributed by atoms with Crippen molar-refractivity contribution in [1.82, 2.24) is 10.3 Å². The highest BCUT2D eigenvalue weighted by Gasteiger charge is 2.13. The van der Waals surface area contributed by atoms with Crippen LogP contribution in [0.3, 0.4) is 0 Å². The zero-order valence-corrected chi connectivity index (χ0v) is 13.0. The largest absolute Gasteiger partial charge is 0.357 e. The first-order valence-electron chi connectivity index (χ1n) is 7.46. The Labute approximate surface area is 135 Å². The molecule has 1 amide bonds. The lowest BCUT2D eigenvalue weighted by Crippen LogP contribution is -2.23. The molecule has 1 fully saturated rings. The van der Waals surface area contributed by atoms with Crippen LogP contribution in [-0.2, 0) is 6.54 Å². The van der Waals surface area contributed by atoms with Gasteiger partial charge in [-0.15, -0.1) is 0 Å². The monoisotopic (exact) mass is 315 g/mol. The van der Waals surface area contributed by atoms with E-state index in [4.69, 9.17) is 11.6 Å². The van der Waals surface area contributed by atoms with Crippen molar-refractivity contribution >= 4 is 23.3 Å². The fourth-order valence-electron chi connectivity index (χ4n) is 2.57. The third-order valence-electron chi connectivity index (χ3n) is 3.78. The van der Waals surface area contributed by atoms with Crippen LogP contribution in [0.2, 0.25) is 5.02 Å². The van der Waals surface area contributed by atoms with Gasteiger partial charge in [0.05, 0.1) is 0 Å². The fourth-order valence-corrected chi connectivity index (χ4v) is 2.76. The zero-order valence-electron chi connectivity index (χ0n) is 12.3. The van der Waals surface area contributed by atoms with Crippen LogP contribution in [0.5, 0.6) is 0 Å². The fraction of sp³-hybridized carbons (Fsp3) is 0.294. The number of rotatable bonds is 4. The summed E-state index contributed by atoms with van der Waals surface area (Å²) < 4.78 is 0.